The number of para-hydroxylation sites is 1. The van der Waals surface area contributed by atoms with E-state index >= 15 is 0 Å². The van der Waals surface area contributed by atoms with Crippen LogP contribution in [0.4, 0.5) is 0 Å². The molecule has 0 amide bonds. The van der Waals surface area contributed by atoms with Gasteiger partial charge in [-0.05, 0) is 17.9 Å². The minimum Gasteiger partial charge on any atom is -0.268 e. The summed E-state index contributed by atoms with van der Waals surface area (Å²) in [4.78, 5) is 0. The molecule has 2 nitrogen and oxygen atoms in total. The number of aryl methyl sites for hydroxylation is 1. The van der Waals surface area contributed by atoms with Crippen LogP contribution in [0.3, 0.4) is 0 Å². The molecule has 0 unspecified atom stereocenters. The van der Waals surface area contributed by atoms with E-state index in [0.29, 0.717) is 5.92 Å². The fourth-order valence-corrected chi connectivity index (χ4v) is 1.92. The molecule has 0 atom stereocenters. The number of fused-ring (bicyclic) bond motifs is 1. The van der Waals surface area contributed by atoms with E-state index in [4.69, 9.17) is 0 Å². The topological polar surface area (TPSA) is 17.8 Å². The minimum atomic E-state index is 0.690. The van der Waals surface area contributed by atoms with Gasteiger partial charge < -0.3 is 0 Å². The Morgan fingerprint density at radius 2 is 2.14 bits per heavy atom. The van der Waals surface area contributed by atoms with Crippen molar-refractivity contribution in [3.63, 3.8) is 0 Å². The average Bonchev–Trinajstić information content (AvgIpc) is 2.48. The normalized spacial score (nSPS) is 11.4. The molecule has 0 aliphatic rings. The summed E-state index contributed by atoms with van der Waals surface area (Å²) >= 11 is 0. The van der Waals surface area contributed by atoms with Gasteiger partial charge in [0.1, 0.15) is 0 Å². The van der Waals surface area contributed by atoms with Crippen LogP contribution in [0.1, 0.15) is 19.4 Å². The van der Waals surface area contributed by atoms with E-state index < -0.39 is 0 Å². The van der Waals surface area contributed by atoms with Gasteiger partial charge >= 0.3 is 0 Å². The van der Waals surface area contributed by atoms with Gasteiger partial charge in [0, 0.05) is 12.4 Å². The molecule has 0 saturated carbocycles. The first kappa shape index (κ1) is 9.25. The number of hydrogen-bond donors (Lipinski definition) is 0. The maximum atomic E-state index is 4.28. The van der Waals surface area contributed by atoms with Crippen LogP contribution in [0.15, 0.2) is 24.4 Å². The lowest BCUT2D eigenvalue weighted by atomic mass is 10.0. The molecule has 1 aromatic carbocycles. The molecule has 0 aliphatic heterocycles. The van der Waals surface area contributed by atoms with E-state index in [9.17, 15) is 0 Å². The summed E-state index contributed by atoms with van der Waals surface area (Å²) in [5, 5.41) is 5.52. The summed E-state index contributed by atoms with van der Waals surface area (Å²) in [6, 6.07) is 6.43. The van der Waals surface area contributed by atoms with E-state index in [2.05, 4.69) is 37.1 Å². The van der Waals surface area contributed by atoms with Crippen molar-refractivity contribution < 1.29 is 0 Å². The summed E-state index contributed by atoms with van der Waals surface area (Å²) < 4.78 is 1.97. The summed E-state index contributed by atoms with van der Waals surface area (Å²) in [5.41, 5.74) is 2.68. The second-order valence-corrected chi connectivity index (χ2v) is 4.22. The van der Waals surface area contributed by atoms with Gasteiger partial charge in [0.2, 0.25) is 0 Å². The van der Waals surface area contributed by atoms with Crippen molar-refractivity contribution in [3.05, 3.63) is 30.0 Å². The maximum absolute atomic E-state index is 4.28. The lowest BCUT2D eigenvalue weighted by Gasteiger charge is -2.07. The van der Waals surface area contributed by atoms with Crippen molar-refractivity contribution >= 4 is 10.9 Å². The SMILES string of the molecule is CC(C)Cc1cccc2cnn(C)c12. The molecule has 14 heavy (non-hydrogen) atoms. The molecule has 74 valence electrons. The predicted molar refractivity (Wildman–Crippen MR) is 59.3 cm³/mol. The van der Waals surface area contributed by atoms with Crippen molar-refractivity contribution in [2.75, 3.05) is 0 Å². The molecule has 2 aromatic rings. The third-order valence-corrected chi connectivity index (χ3v) is 2.47. The fraction of sp³-hybridized carbons (Fsp3) is 0.417. The molecule has 0 aliphatic carbocycles. The van der Waals surface area contributed by atoms with E-state index in [1.54, 1.807) is 0 Å². The third kappa shape index (κ3) is 1.52. The smallest absolute Gasteiger partial charge is 0.0711 e. The molecule has 0 radical (unpaired) electrons. The van der Waals surface area contributed by atoms with Crippen LogP contribution in [-0.2, 0) is 13.5 Å². The van der Waals surface area contributed by atoms with Crippen LogP contribution in [0.2, 0.25) is 0 Å². The Kier molecular flexibility index (Phi) is 2.28. The Balaban J connectivity index is 2.57. The number of nitrogens with zero attached hydrogens (tertiary/aromatic N) is 2. The Bertz CT molecular complexity index is 441. The highest BCUT2D eigenvalue weighted by Crippen LogP contribution is 2.20. The van der Waals surface area contributed by atoms with E-state index in [-0.39, 0.29) is 0 Å². The molecule has 0 N–H and O–H groups in total. The molecule has 0 saturated heterocycles. The zero-order valence-electron chi connectivity index (χ0n) is 8.99. The number of benzene rings is 1. The zero-order valence-corrected chi connectivity index (χ0v) is 8.99. The largest absolute Gasteiger partial charge is 0.268 e. The van der Waals surface area contributed by atoms with Gasteiger partial charge in [-0.1, -0.05) is 32.0 Å². The van der Waals surface area contributed by atoms with Crippen molar-refractivity contribution in [1.82, 2.24) is 9.78 Å². The van der Waals surface area contributed by atoms with Gasteiger partial charge in [0.15, 0.2) is 0 Å². The highest BCUT2D eigenvalue weighted by molar-refractivity contribution is 5.81. The number of hydrogen-bond acceptors (Lipinski definition) is 1. The summed E-state index contributed by atoms with van der Waals surface area (Å²) in [6.45, 7) is 4.49. The number of rotatable bonds is 2. The van der Waals surface area contributed by atoms with Gasteiger partial charge in [-0.25, -0.2) is 0 Å². The molecular weight excluding hydrogens is 172 g/mol. The van der Waals surface area contributed by atoms with Gasteiger partial charge in [-0.3, -0.25) is 4.68 Å². The fourth-order valence-electron chi connectivity index (χ4n) is 1.92. The first-order valence-corrected chi connectivity index (χ1v) is 5.08. The van der Waals surface area contributed by atoms with Crippen molar-refractivity contribution in [3.8, 4) is 0 Å². The quantitative estimate of drug-likeness (QED) is 0.708. The summed E-state index contributed by atoms with van der Waals surface area (Å²) in [5.74, 6) is 0.690. The molecule has 1 aromatic heterocycles. The third-order valence-electron chi connectivity index (χ3n) is 2.47. The zero-order chi connectivity index (χ0) is 10.1. The van der Waals surface area contributed by atoms with Crippen LogP contribution in [0.25, 0.3) is 10.9 Å². The number of aromatic nitrogens is 2. The molecule has 2 heteroatoms. The summed E-state index contributed by atoms with van der Waals surface area (Å²) in [7, 11) is 2.01. The van der Waals surface area contributed by atoms with Crippen molar-refractivity contribution in [2.24, 2.45) is 13.0 Å². The molecule has 1 heterocycles. The van der Waals surface area contributed by atoms with Crippen LogP contribution >= 0.6 is 0 Å². The van der Waals surface area contributed by atoms with Crippen molar-refractivity contribution in [2.45, 2.75) is 20.3 Å². The minimum absolute atomic E-state index is 0.690. The molecular formula is C12H16N2. The second kappa shape index (κ2) is 3.45. The van der Waals surface area contributed by atoms with E-state index in [1.165, 1.54) is 16.5 Å². The predicted octanol–water partition coefficient (Wildman–Crippen LogP) is 2.77. The second-order valence-electron chi connectivity index (χ2n) is 4.22. The Labute approximate surface area is 84.5 Å². The van der Waals surface area contributed by atoms with Gasteiger partial charge in [-0.15, -0.1) is 0 Å². The van der Waals surface area contributed by atoms with Crippen LogP contribution in [0.5, 0.6) is 0 Å². The Morgan fingerprint density at radius 1 is 1.36 bits per heavy atom. The standard InChI is InChI=1S/C12H16N2/c1-9(2)7-10-5-4-6-11-8-13-14(3)12(10)11/h4-6,8-9H,7H2,1-3H3. The lowest BCUT2D eigenvalue weighted by Crippen LogP contribution is -1.98. The monoisotopic (exact) mass is 188 g/mol. The van der Waals surface area contributed by atoms with Crippen molar-refractivity contribution in [1.29, 1.82) is 0 Å². The molecule has 0 fully saturated rings. The van der Waals surface area contributed by atoms with E-state index in [1.807, 2.05) is 17.9 Å². The van der Waals surface area contributed by atoms with Crippen LogP contribution < -0.4 is 0 Å². The van der Waals surface area contributed by atoms with Gasteiger partial charge in [0.25, 0.3) is 0 Å². The first-order valence-electron chi connectivity index (χ1n) is 5.08. The Hall–Kier alpha value is -1.31. The van der Waals surface area contributed by atoms with Crippen LogP contribution in [0, 0.1) is 5.92 Å². The highest BCUT2D eigenvalue weighted by Gasteiger charge is 2.06. The molecule has 0 spiro atoms. The highest BCUT2D eigenvalue weighted by atomic mass is 15.2. The molecule has 2 rings (SSSR count). The average molecular weight is 188 g/mol. The van der Waals surface area contributed by atoms with E-state index in [0.717, 1.165) is 6.42 Å². The lowest BCUT2D eigenvalue weighted by molar-refractivity contribution is 0.646. The molecule has 0 bridgehead atoms. The van der Waals surface area contributed by atoms with Gasteiger partial charge in [-0.2, -0.15) is 5.10 Å². The maximum Gasteiger partial charge on any atom is 0.0711 e. The van der Waals surface area contributed by atoms with Crippen LogP contribution in [-0.4, -0.2) is 9.78 Å². The Morgan fingerprint density at radius 3 is 2.86 bits per heavy atom. The van der Waals surface area contributed by atoms with Gasteiger partial charge in [0.05, 0.1) is 11.7 Å². The summed E-state index contributed by atoms with van der Waals surface area (Å²) in [6.07, 6.45) is 3.05. The first-order chi connectivity index (χ1) is 6.68.